The molecular weight excluding hydrogens is 318 g/mol. The van der Waals surface area contributed by atoms with Crippen LogP contribution in [0, 0.1) is 12.8 Å². The van der Waals surface area contributed by atoms with Crippen LogP contribution in [0.2, 0.25) is 0 Å². The topological polar surface area (TPSA) is 64.9 Å². The third-order valence-corrected chi connectivity index (χ3v) is 3.85. The fourth-order valence-electron chi connectivity index (χ4n) is 2.18. The van der Waals surface area contributed by atoms with E-state index in [0.29, 0.717) is 24.2 Å². The molecule has 2 aromatic rings. The molecule has 0 saturated carbocycles. The summed E-state index contributed by atoms with van der Waals surface area (Å²) >= 11 is 3.54. The van der Waals surface area contributed by atoms with Crippen LogP contribution in [0.4, 0.5) is 0 Å². The van der Waals surface area contributed by atoms with Gasteiger partial charge in [0.05, 0.1) is 5.92 Å². The van der Waals surface area contributed by atoms with Crippen LogP contribution in [-0.2, 0) is 0 Å². The quantitative estimate of drug-likeness (QED) is 0.898. The number of hydrogen-bond acceptors (Lipinski definition) is 4. The van der Waals surface area contributed by atoms with Crippen molar-refractivity contribution in [2.45, 2.75) is 33.1 Å². The lowest BCUT2D eigenvalue weighted by Gasteiger charge is -2.11. The molecule has 0 aliphatic heterocycles. The van der Waals surface area contributed by atoms with Gasteiger partial charge in [0.2, 0.25) is 11.7 Å². The largest absolute Gasteiger partial charge is 0.339 e. The van der Waals surface area contributed by atoms with Gasteiger partial charge in [-0.3, -0.25) is 0 Å². The Bertz CT molecular complexity index is 580. The van der Waals surface area contributed by atoms with Crippen molar-refractivity contribution in [3.8, 4) is 11.4 Å². The van der Waals surface area contributed by atoms with Gasteiger partial charge in [-0.05, 0) is 37.0 Å². The zero-order valence-electron chi connectivity index (χ0n) is 12.1. The molecule has 4 nitrogen and oxygen atoms in total. The zero-order valence-corrected chi connectivity index (χ0v) is 13.6. The van der Waals surface area contributed by atoms with Gasteiger partial charge < -0.3 is 10.3 Å². The van der Waals surface area contributed by atoms with E-state index < -0.39 is 0 Å². The van der Waals surface area contributed by atoms with Gasteiger partial charge in [0.25, 0.3) is 0 Å². The van der Waals surface area contributed by atoms with Gasteiger partial charge in [0.1, 0.15) is 0 Å². The molecule has 1 aromatic carbocycles. The predicted octanol–water partition coefficient (Wildman–Crippen LogP) is 3.90. The van der Waals surface area contributed by atoms with Crippen LogP contribution in [0.1, 0.15) is 37.6 Å². The lowest BCUT2D eigenvalue weighted by Crippen LogP contribution is -2.15. The zero-order chi connectivity index (χ0) is 14.7. The van der Waals surface area contributed by atoms with Gasteiger partial charge in [-0.2, -0.15) is 4.98 Å². The minimum Gasteiger partial charge on any atom is -0.339 e. The standard InChI is InChI=1S/C15H20BrN3O/c1-9(2)6-11(8-17)15-18-14(19-20-15)12-5-4-10(3)7-13(12)16/h4-5,7,9,11H,6,8,17H2,1-3H3. The fourth-order valence-corrected chi connectivity index (χ4v) is 2.85. The minimum atomic E-state index is 0.125. The Morgan fingerprint density at radius 1 is 1.35 bits per heavy atom. The normalized spacial score (nSPS) is 12.9. The van der Waals surface area contributed by atoms with Crippen molar-refractivity contribution in [3.63, 3.8) is 0 Å². The summed E-state index contributed by atoms with van der Waals surface area (Å²) in [5.74, 6) is 1.91. The molecular formula is C15H20BrN3O. The van der Waals surface area contributed by atoms with E-state index in [1.54, 1.807) is 0 Å². The number of nitrogens with two attached hydrogens (primary N) is 1. The monoisotopic (exact) mass is 337 g/mol. The number of aromatic nitrogens is 2. The van der Waals surface area contributed by atoms with Gasteiger partial charge in [-0.25, -0.2) is 0 Å². The molecule has 1 heterocycles. The van der Waals surface area contributed by atoms with Gasteiger partial charge >= 0.3 is 0 Å². The highest BCUT2D eigenvalue weighted by Crippen LogP contribution is 2.29. The van der Waals surface area contributed by atoms with E-state index in [0.717, 1.165) is 16.5 Å². The lowest BCUT2D eigenvalue weighted by atomic mass is 9.97. The van der Waals surface area contributed by atoms with Gasteiger partial charge in [0.15, 0.2) is 0 Å². The second-order valence-corrected chi connectivity index (χ2v) is 6.36. The third-order valence-electron chi connectivity index (χ3n) is 3.20. The van der Waals surface area contributed by atoms with E-state index >= 15 is 0 Å². The van der Waals surface area contributed by atoms with Gasteiger partial charge in [-0.15, -0.1) is 0 Å². The number of rotatable bonds is 5. The van der Waals surface area contributed by atoms with Gasteiger partial charge in [0, 0.05) is 16.6 Å². The summed E-state index contributed by atoms with van der Waals surface area (Å²) in [5.41, 5.74) is 7.93. The van der Waals surface area contributed by atoms with Gasteiger partial charge in [-0.1, -0.05) is 41.0 Å². The molecule has 5 heteroatoms. The Morgan fingerprint density at radius 2 is 2.10 bits per heavy atom. The molecule has 0 bridgehead atoms. The van der Waals surface area contributed by atoms with E-state index in [-0.39, 0.29) is 5.92 Å². The van der Waals surface area contributed by atoms with Crippen molar-refractivity contribution in [3.05, 3.63) is 34.1 Å². The van der Waals surface area contributed by atoms with Crippen LogP contribution in [0.25, 0.3) is 11.4 Å². The molecule has 1 atom stereocenters. The summed E-state index contributed by atoms with van der Waals surface area (Å²) in [6.45, 7) is 6.89. The summed E-state index contributed by atoms with van der Waals surface area (Å²) in [6, 6.07) is 6.07. The van der Waals surface area contributed by atoms with Crippen LogP contribution < -0.4 is 5.73 Å². The molecule has 0 saturated heterocycles. The summed E-state index contributed by atoms with van der Waals surface area (Å²) < 4.78 is 6.37. The van der Waals surface area contributed by atoms with E-state index in [2.05, 4.69) is 39.9 Å². The maximum atomic E-state index is 5.81. The molecule has 0 amide bonds. The molecule has 2 N–H and O–H groups in total. The lowest BCUT2D eigenvalue weighted by molar-refractivity contribution is 0.335. The first kappa shape index (κ1) is 15.2. The Hall–Kier alpha value is -1.20. The first-order valence-electron chi connectivity index (χ1n) is 6.81. The highest BCUT2D eigenvalue weighted by molar-refractivity contribution is 9.10. The average molecular weight is 338 g/mol. The smallest absolute Gasteiger partial charge is 0.231 e. The molecule has 0 radical (unpaired) electrons. The molecule has 20 heavy (non-hydrogen) atoms. The van der Waals surface area contributed by atoms with E-state index in [4.69, 9.17) is 10.3 Å². The second-order valence-electron chi connectivity index (χ2n) is 5.50. The number of nitrogens with zero attached hydrogens (tertiary/aromatic N) is 2. The Balaban J connectivity index is 2.27. The van der Waals surface area contributed by atoms with Crippen LogP contribution in [0.3, 0.4) is 0 Å². The predicted molar refractivity (Wildman–Crippen MR) is 83.4 cm³/mol. The van der Waals surface area contributed by atoms with Crippen LogP contribution in [0.15, 0.2) is 27.2 Å². The Labute approximate surface area is 127 Å². The summed E-state index contributed by atoms with van der Waals surface area (Å²) in [6.07, 6.45) is 0.952. The molecule has 0 fully saturated rings. The van der Waals surface area contributed by atoms with E-state index in [9.17, 15) is 0 Å². The molecule has 2 rings (SSSR count). The summed E-state index contributed by atoms with van der Waals surface area (Å²) in [5, 5.41) is 4.08. The number of hydrogen-bond donors (Lipinski definition) is 1. The highest BCUT2D eigenvalue weighted by atomic mass is 79.9. The molecule has 0 spiro atoms. The molecule has 108 valence electrons. The fraction of sp³-hybridized carbons (Fsp3) is 0.467. The number of benzene rings is 1. The molecule has 1 unspecified atom stereocenters. The van der Waals surface area contributed by atoms with Crippen molar-refractivity contribution in [1.29, 1.82) is 0 Å². The van der Waals surface area contributed by atoms with E-state index in [1.165, 1.54) is 5.56 Å². The summed E-state index contributed by atoms with van der Waals surface area (Å²) in [4.78, 5) is 4.51. The molecule has 1 aromatic heterocycles. The Morgan fingerprint density at radius 3 is 2.70 bits per heavy atom. The van der Waals surface area contributed by atoms with Crippen molar-refractivity contribution in [2.75, 3.05) is 6.54 Å². The van der Waals surface area contributed by atoms with Crippen molar-refractivity contribution in [1.82, 2.24) is 10.1 Å². The average Bonchev–Trinajstić information content (AvgIpc) is 2.85. The third kappa shape index (κ3) is 3.46. The van der Waals surface area contributed by atoms with E-state index in [1.807, 2.05) is 25.1 Å². The highest BCUT2D eigenvalue weighted by Gasteiger charge is 2.20. The van der Waals surface area contributed by atoms with Crippen LogP contribution >= 0.6 is 15.9 Å². The SMILES string of the molecule is Cc1ccc(-c2noc(C(CN)CC(C)C)n2)c(Br)c1. The van der Waals surface area contributed by atoms with Crippen molar-refractivity contribution in [2.24, 2.45) is 11.7 Å². The van der Waals surface area contributed by atoms with Crippen molar-refractivity contribution >= 4 is 15.9 Å². The maximum absolute atomic E-state index is 5.81. The number of halogens is 1. The Kier molecular flexibility index (Phi) is 4.94. The second kappa shape index (κ2) is 6.50. The maximum Gasteiger partial charge on any atom is 0.231 e. The minimum absolute atomic E-state index is 0.125. The van der Waals surface area contributed by atoms with Crippen LogP contribution in [-0.4, -0.2) is 16.7 Å². The van der Waals surface area contributed by atoms with Crippen LogP contribution in [0.5, 0.6) is 0 Å². The first-order valence-corrected chi connectivity index (χ1v) is 7.60. The molecule has 0 aliphatic rings. The molecule has 0 aliphatic carbocycles. The summed E-state index contributed by atoms with van der Waals surface area (Å²) in [7, 11) is 0. The van der Waals surface area contributed by atoms with Crippen molar-refractivity contribution < 1.29 is 4.52 Å². The number of aryl methyl sites for hydroxylation is 1. The first-order chi connectivity index (χ1) is 9.51.